The molecule has 5 rings (SSSR count). The SMILES string of the molecule is CCOC(=O)c1ccc(N2CCN(CC3=C(c4ccc(Cl)cc4)CCC(C)(CN4CCC[C@@H](CC(=O)OC(C)(C)C)C4)C3)CC2)cc1. The fraction of sp³-hybridized carbons (Fsp3) is 0.590. The minimum atomic E-state index is -0.435. The van der Waals surface area contributed by atoms with Crippen molar-refractivity contribution in [1.82, 2.24) is 9.80 Å². The first kappa shape index (κ1) is 35.4. The molecule has 2 fully saturated rings. The summed E-state index contributed by atoms with van der Waals surface area (Å²) >= 11 is 6.29. The third-order valence-electron chi connectivity index (χ3n) is 9.85. The molecule has 1 unspecified atom stereocenters. The molecule has 0 aromatic heterocycles. The van der Waals surface area contributed by atoms with Gasteiger partial charge in [0.1, 0.15) is 5.60 Å². The highest BCUT2D eigenvalue weighted by atomic mass is 35.5. The van der Waals surface area contributed by atoms with Crippen LogP contribution in [0.4, 0.5) is 5.69 Å². The van der Waals surface area contributed by atoms with Crippen LogP contribution >= 0.6 is 11.6 Å². The highest BCUT2D eigenvalue weighted by molar-refractivity contribution is 6.30. The van der Waals surface area contributed by atoms with Gasteiger partial charge in [-0.15, -0.1) is 0 Å². The summed E-state index contributed by atoms with van der Waals surface area (Å²) in [5.41, 5.74) is 5.82. The highest BCUT2D eigenvalue weighted by Crippen LogP contribution is 2.44. The lowest BCUT2D eigenvalue weighted by molar-refractivity contribution is -0.156. The smallest absolute Gasteiger partial charge is 0.338 e. The van der Waals surface area contributed by atoms with Crippen molar-refractivity contribution in [3.63, 3.8) is 0 Å². The third-order valence-corrected chi connectivity index (χ3v) is 10.1. The Morgan fingerprint density at radius 2 is 1.66 bits per heavy atom. The summed E-state index contributed by atoms with van der Waals surface area (Å²) in [6.45, 7) is 18.5. The van der Waals surface area contributed by atoms with Crippen molar-refractivity contribution in [3.8, 4) is 0 Å². The van der Waals surface area contributed by atoms with Crippen LogP contribution in [0.5, 0.6) is 0 Å². The molecule has 0 radical (unpaired) electrons. The van der Waals surface area contributed by atoms with Gasteiger partial charge in [0, 0.05) is 62.9 Å². The first-order valence-corrected chi connectivity index (χ1v) is 17.9. The molecule has 7 nitrogen and oxygen atoms in total. The molecule has 2 atom stereocenters. The molecule has 0 bridgehead atoms. The number of hydrogen-bond acceptors (Lipinski definition) is 7. The van der Waals surface area contributed by atoms with Crippen LogP contribution < -0.4 is 4.90 Å². The number of hydrogen-bond donors (Lipinski definition) is 0. The molecule has 0 saturated carbocycles. The molecule has 0 amide bonds. The number of halogens is 1. The number of ether oxygens (including phenoxy) is 2. The molecule has 2 aromatic carbocycles. The molecule has 2 aromatic rings. The lowest BCUT2D eigenvalue weighted by Gasteiger charge is -2.44. The summed E-state index contributed by atoms with van der Waals surface area (Å²) in [6.07, 6.45) is 6.04. The van der Waals surface area contributed by atoms with Crippen LogP contribution in [0.1, 0.15) is 89.1 Å². The van der Waals surface area contributed by atoms with Crippen LogP contribution in [0.25, 0.3) is 5.57 Å². The van der Waals surface area contributed by atoms with Crippen LogP contribution in [0.3, 0.4) is 0 Å². The van der Waals surface area contributed by atoms with Gasteiger partial charge in [0.05, 0.1) is 12.2 Å². The zero-order valence-corrected chi connectivity index (χ0v) is 29.9. The molecular weight excluding hydrogens is 610 g/mol. The van der Waals surface area contributed by atoms with Gasteiger partial charge in [-0.1, -0.05) is 36.2 Å². The van der Waals surface area contributed by atoms with E-state index in [9.17, 15) is 9.59 Å². The van der Waals surface area contributed by atoms with E-state index in [2.05, 4.69) is 33.8 Å². The third kappa shape index (κ3) is 10.1. The molecule has 1 aliphatic carbocycles. The maximum Gasteiger partial charge on any atom is 0.338 e. The van der Waals surface area contributed by atoms with Crippen molar-refractivity contribution in [2.45, 2.75) is 78.7 Å². The Labute approximate surface area is 287 Å². The van der Waals surface area contributed by atoms with Gasteiger partial charge in [0.25, 0.3) is 0 Å². The van der Waals surface area contributed by atoms with E-state index in [-0.39, 0.29) is 17.4 Å². The van der Waals surface area contributed by atoms with Crippen molar-refractivity contribution >= 4 is 34.8 Å². The van der Waals surface area contributed by atoms with Gasteiger partial charge in [-0.05, 0) is 125 Å². The lowest BCUT2D eigenvalue weighted by atomic mass is 9.70. The average molecular weight is 664 g/mol. The Kier molecular flexibility index (Phi) is 11.7. The number of anilines is 1. The number of benzene rings is 2. The van der Waals surface area contributed by atoms with E-state index in [1.54, 1.807) is 5.57 Å². The number of allylic oxidation sites excluding steroid dienone is 1. The topological polar surface area (TPSA) is 62.3 Å². The Bertz CT molecular complexity index is 1390. The lowest BCUT2D eigenvalue weighted by Crippen LogP contribution is -2.48. The molecular formula is C39H54ClN3O4. The van der Waals surface area contributed by atoms with Gasteiger partial charge in [0.2, 0.25) is 0 Å². The molecule has 3 aliphatic rings. The van der Waals surface area contributed by atoms with E-state index < -0.39 is 5.60 Å². The standard InChI is InChI=1S/C39H54ClN3O4/c1-6-46-37(45)31-11-15-34(16-12-31)43-22-20-41(21-23-43)27-32-25-39(5,18-17-35(32)30-9-13-33(40)14-10-30)28-42-19-7-8-29(26-42)24-36(44)47-38(2,3)4/h9-16,29H,6-8,17-28H2,1-5H3/t29-,39?/m0/s1. The number of esters is 2. The largest absolute Gasteiger partial charge is 0.462 e. The summed E-state index contributed by atoms with van der Waals surface area (Å²) < 4.78 is 10.8. The molecule has 256 valence electrons. The predicted octanol–water partition coefficient (Wildman–Crippen LogP) is 7.73. The Hall–Kier alpha value is -2.87. The second-order valence-electron chi connectivity index (χ2n) is 15.1. The van der Waals surface area contributed by atoms with Gasteiger partial charge in [0.15, 0.2) is 0 Å². The molecule has 0 N–H and O–H groups in total. The Balaban J connectivity index is 1.23. The number of piperidine rings is 1. The summed E-state index contributed by atoms with van der Waals surface area (Å²) in [4.78, 5) is 32.3. The highest BCUT2D eigenvalue weighted by Gasteiger charge is 2.36. The van der Waals surface area contributed by atoms with Gasteiger partial charge < -0.3 is 19.3 Å². The van der Waals surface area contributed by atoms with Gasteiger partial charge in [-0.3, -0.25) is 9.69 Å². The summed E-state index contributed by atoms with van der Waals surface area (Å²) in [5.74, 6) is 0.0250. The number of rotatable bonds is 10. The van der Waals surface area contributed by atoms with E-state index in [4.69, 9.17) is 21.1 Å². The van der Waals surface area contributed by atoms with Crippen molar-refractivity contribution in [1.29, 1.82) is 0 Å². The van der Waals surface area contributed by atoms with Crippen LogP contribution in [-0.4, -0.2) is 86.3 Å². The van der Waals surface area contributed by atoms with Crippen LogP contribution in [-0.2, 0) is 14.3 Å². The summed E-state index contributed by atoms with van der Waals surface area (Å²) in [7, 11) is 0. The van der Waals surface area contributed by atoms with Gasteiger partial charge in [-0.2, -0.15) is 0 Å². The zero-order chi connectivity index (χ0) is 33.6. The summed E-state index contributed by atoms with van der Waals surface area (Å²) in [5, 5.41) is 0.772. The molecule has 47 heavy (non-hydrogen) atoms. The van der Waals surface area contributed by atoms with Crippen molar-refractivity contribution in [2.75, 3.05) is 63.9 Å². The van der Waals surface area contributed by atoms with E-state index in [1.807, 2.05) is 64.1 Å². The first-order valence-electron chi connectivity index (χ1n) is 17.6. The maximum absolute atomic E-state index is 12.6. The Morgan fingerprint density at radius 3 is 2.32 bits per heavy atom. The normalized spacial score (nSPS) is 23.1. The maximum atomic E-state index is 12.6. The average Bonchev–Trinajstić information content (AvgIpc) is 3.01. The minimum Gasteiger partial charge on any atom is -0.462 e. The molecule has 0 spiro atoms. The van der Waals surface area contributed by atoms with Crippen LogP contribution in [0, 0.1) is 11.3 Å². The van der Waals surface area contributed by atoms with Crippen molar-refractivity contribution in [2.24, 2.45) is 11.3 Å². The fourth-order valence-electron chi connectivity index (χ4n) is 7.68. The van der Waals surface area contributed by atoms with Gasteiger partial charge >= 0.3 is 11.9 Å². The number of carbonyl (C=O) groups is 2. The van der Waals surface area contributed by atoms with Crippen LogP contribution in [0.2, 0.25) is 5.02 Å². The van der Waals surface area contributed by atoms with E-state index in [0.717, 1.165) is 95.2 Å². The fourth-order valence-corrected chi connectivity index (χ4v) is 7.80. The molecule has 2 saturated heterocycles. The number of carbonyl (C=O) groups excluding carboxylic acids is 2. The number of nitrogens with zero attached hydrogens (tertiary/aromatic N) is 3. The second kappa shape index (κ2) is 15.6. The second-order valence-corrected chi connectivity index (χ2v) is 15.6. The first-order chi connectivity index (χ1) is 22.4. The van der Waals surface area contributed by atoms with E-state index in [0.29, 0.717) is 24.5 Å². The number of likely N-dealkylation sites (tertiary alicyclic amines) is 1. The quantitative estimate of drug-likeness (QED) is 0.241. The minimum absolute atomic E-state index is 0.0696. The molecule has 8 heteroatoms. The predicted molar refractivity (Wildman–Crippen MR) is 191 cm³/mol. The van der Waals surface area contributed by atoms with Crippen LogP contribution in [0.15, 0.2) is 54.1 Å². The zero-order valence-electron chi connectivity index (χ0n) is 29.2. The summed E-state index contributed by atoms with van der Waals surface area (Å²) in [6, 6.07) is 16.2. The van der Waals surface area contributed by atoms with Crippen molar-refractivity contribution < 1.29 is 19.1 Å². The van der Waals surface area contributed by atoms with E-state index in [1.165, 1.54) is 11.1 Å². The van der Waals surface area contributed by atoms with Crippen molar-refractivity contribution in [3.05, 3.63) is 70.3 Å². The Morgan fingerprint density at radius 1 is 0.957 bits per heavy atom. The van der Waals surface area contributed by atoms with E-state index >= 15 is 0 Å². The van der Waals surface area contributed by atoms with Gasteiger partial charge in [-0.25, -0.2) is 4.79 Å². The number of piperazine rings is 1. The molecule has 2 heterocycles. The monoisotopic (exact) mass is 663 g/mol. The molecule has 2 aliphatic heterocycles.